The molecule has 2 amide bonds. The van der Waals surface area contributed by atoms with E-state index in [-0.39, 0.29) is 37.5 Å². The van der Waals surface area contributed by atoms with Gasteiger partial charge in [0.05, 0.1) is 31.7 Å². The molecule has 3 aliphatic rings. The van der Waals surface area contributed by atoms with Crippen LogP contribution >= 0.6 is 11.6 Å². The number of hydrogen-bond donors (Lipinski definition) is 0. The van der Waals surface area contributed by atoms with Crippen LogP contribution in [0.15, 0.2) is 18.2 Å². The SMILES string of the molecule is CCOC(=O)C1C2COc3ccc(Cl)cc3C2N2C(=O)CN(C)C(=O)[C@@]12C. The Morgan fingerprint density at radius 2 is 2.15 bits per heavy atom. The van der Waals surface area contributed by atoms with Gasteiger partial charge in [0.25, 0.3) is 0 Å². The maximum atomic E-state index is 13.2. The number of fused-ring (bicyclic) bond motifs is 5. The van der Waals surface area contributed by atoms with Gasteiger partial charge in [0.1, 0.15) is 11.3 Å². The zero-order valence-electron chi connectivity index (χ0n) is 15.4. The van der Waals surface area contributed by atoms with Gasteiger partial charge in [-0.15, -0.1) is 0 Å². The van der Waals surface area contributed by atoms with Crippen LogP contribution in [0.2, 0.25) is 5.02 Å². The Kier molecular flexibility index (Phi) is 4.10. The highest BCUT2D eigenvalue weighted by Gasteiger charge is 2.68. The van der Waals surface area contributed by atoms with Crippen LogP contribution in [0.4, 0.5) is 0 Å². The Labute approximate surface area is 162 Å². The normalized spacial score (nSPS) is 31.8. The van der Waals surface area contributed by atoms with Crippen molar-refractivity contribution in [1.82, 2.24) is 9.80 Å². The van der Waals surface area contributed by atoms with Gasteiger partial charge in [-0.25, -0.2) is 0 Å². The average molecular weight is 393 g/mol. The monoisotopic (exact) mass is 392 g/mol. The first-order valence-corrected chi connectivity index (χ1v) is 9.35. The van der Waals surface area contributed by atoms with Gasteiger partial charge in [0.2, 0.25) is 11.8 Å². The van der Waals surface area contributed by atoms with Gasteiger partial charge in [-0.2, -0.15) is 0 Å². The fraction of sp³-hybridized carbons (Fsp3) is 0.526. The molecule has 27 heavy (non-hydrogen) atoms. The van der Waals surface area contributed by atoms with Crippen molar-refractivity contribution >= 4 is 29.4 Å². The first-order chi connectivity index (χ1) is 12.8. The molecule has 1 aromatic carbocycles. The van der Waals surface area contributed by atoms with E-state index < -0.39 is 23.5 Å². The van der Waals surface area contributed by atoms with Crippen molar-refractivity contribution in [1.29, 1.82) is 0 Å². The van der Waals surface area contributed by atoms with Crippen LogP contribution in [0.3, 0.4) is 0 Å². The molecule has 0 aromatic heterocycles. The molecule has 1 aromatic rings. The van der Waals surface area contributed by atoms with Crippen LogP contribution in [0.25, 0.3) is 0 Å². The van der Waals surface area contributed by atoms with E-state index in [9.17, 15) is 14.4 Å². The third kappa shape index (κ3) is 2.37. The maximum Gasteiger partial charge on any atom is 0.312 e. The Balaban J connectivity index is 1.91. The number of nitrogens with zero attached hydrogens (tertiary/aromatic N) is 2. The van der Waals surface area contributed by atoms with Gasteiger partial charge in [0.15, 0.2) is 0 Å². The Hall–Kier alpha value is -2.28. The molecule has 3 aliphatic heterocycles. The van der Waals surface area contributed by atoms with Gasteiger partial charge in [0, 0.05) is 23.6 Å². The summed E-state index contributed by atoms with van der Waals surface area (Å²) in [6.45, 7) is 3.77. The Bertz CT molecular complexity index is 843. The van der Waals surface area contributed by atoms with E-state index in [2.05, 4.69) is 0 Å². The van der Waals surface area contributed by atoms with Gasteiger partial charge in [-0.1, -0.05) is 11.6 Å². The second-order valence-corrected chi connectivity index (χ2v) is 7.84. The number of carbonyl (C=O) groups is 3. The minimum absolute atomic E-state index is 0.0239. The lowest BCUT2D eigenvalue weighted by Gasteiger charge is -2.45. The van der Waals surface area contributed by atoms with Crippen molar-refractivity contribution < 1.29 is 23.9 Å². The lowest BCUT2D eigenvalue weighted by molar-refractivity contribution is -0.169. The number of rotatable bonds is 2. The van der Waals surface area contributed by atoms with Crippen LogP contribution < -0.4 is 4.74 Å². The van der Waals surface area contributed by atoms with Crippen molar-refractivity contribution in [3.8, 4) is 5.75 Å². The molecule has 4 rings (SSSR count). The number of esters is 1. The number of amides is 2. The summed E-state index contributed by atoms with van der Waals surface area (Å²) in [4.78, 5) is 42.0. The predicted octanol–water partition coefficient (Wildman–Crippen LogP) is 1.64. The molecule has 2 fully saturated rings. The summed E-state index contributed by atoms with van der Waals surface area (Å²) in [5, 5.41) is 0.507. The molecule has 3 unspecified atom stereocenters. The summed E-state index contributed by atoms with van der Waals surface area (Å²) >= 11 is 6.19. The molecule has 8 heteroatoms. The van der Waals surface area contributed by atoms with Crippen molar-refractivity contribution in [2.24, 2.45) is 11.8 Å². The number of likely N-dealkylation sites (N-methyl/N-ethyl adjacent to an activating group) is 1. The standard InChI is InChI=1S/C19H21ClN2O5/c1-4-26-17(24)15-12-9-27-13-6-5-10(20)7-11(13)16(12)22-14(23)8-21(3)18(25)19(15,22)2/h5-7,12,15-16H,4,8-9H2,1-3H3/t12?,15?,16?,19-/m1/s1. The summed E-state index contributed by atoms with van der Waals surface area (Å²) in [6.07, 6.45) is 0. The summed E-state index contributed by atoms with van der Waals surface area (Å²) in [7, 11) is 1.58. The molecule has 144 valence electrons. The van der Waals surface area contributed by atoms with E-state index in [0.29, 0.717) is 10.8 Å². The van der Waals surface area contributed by atoms with E-state index >= 15 is 0 Å². The zero-order valence-corrected chi connectivity index (χ0v) is 16.2. The van der Waals surface area contributed by atoms with Crippen LogP contribution in [-0.4, -0.2) is 59.9 Å². The summed E-state index contributed by atoms with van der Waals surface area (Å²) in [6, 6.07) is 4.76. The molecule has 0 N–H and O–H groups in total. The van der Waals surface area contributed by atoms with E-state index in [1.165, 1.54) is 4.90 Å². The van der Waals surface area contributed by atoms with Gasteiger partial charge >= 0.3 is 5.97 Å². The lowest BCUT2D eigenvalue weighted by Crippen LogP contribution is -2.66. The third-order valence-corrected chi connectivity index (χ3v) is 6.14. The van der Waals surface area contributed by atoms with E-state index in [0.717, 1.165) is 5.56 Å². The molecule has 2 saturated heterocycles. The Morgan fingerprint density at radius 1 is 1.41 bits per heavy atom. The molecule has 3 heterocycles. The number of benzene rings is 1. The van der Waals surface area contributed by atoms with Gasteiger partial charge in [-0.3, -0.25) is 14.4 Å². The molecule has 0 bridgehead atoms. The average Bonchev–Trinajstić information content (AvgIpc) is 2.90. The highest BCUT2D eigenvalue weighted by Crippen LogP contribution is 2.56. The van der Waals surface area contributed by atoms with Crippen LogP contribution in [0.5, 0.6) is 5.75 Å². The fourth-order valence-electron chi connectivity index (χ4n) is 4.88. The smallest absolute Gasteiger partial charge is 0.312 e. The highest BCUT2D eigenvalue weighted by molar-refractivity contribution is 6.30. The fourth-order valence-corrected chi connectivity index (χ4v) is 5.06. The van der Waals surface area contributed by atoms with Crippen molar-refractivity contribution in [3.63, 3.8) is 0 Å². The largest absolute Gasteiger partial charge is 0.493 e. The van der Waals surface area contributed by atoms with Crippen molar-refractivity contribution in [2.75, 3.05) is 26.8 Å². The zero-order chi connectivity index (χ0) is 19.5. The second kappa shape index (κ2) is 6.12. The molecular formula is C19H21ClN2O5. The van der Waals surface area contributed by atoms with Crippen LogP contribution in [-0.2, 0) is 19.1 Å². The summed E-state index contributed by atoms with van der Waals surface area (Å²) < 4.78 is 11.2. The number of carbonyl (C=O) groups excluding carboxylic acids is 3. The first-order valence-electron chi connectivity index (χ1n) is 8.97. The first kappa shape index (κ1) is 18.1. The maximum absolute atomic E-state index is 13.2. The lowest BCUT2D eigenvalue weighted by atomic mass is 9.77. The number of ether oxygens (including phenoxy) is 2. The minimum atomic E-state index is -1.32. The van der Waals surface area contributed by atoms with Gasteiger partial charge < -0.3 is 19.3 Å². The van der Waals surface area contributed by atoms with Crippen molar-refractivity contribution in [3.05, 3.63) is 28.8 Å². The summed E-state index contributed by atoms with van der Waals surface area (Å²) in [5.74, 6) is -1.53. The van der Waals surface area contributed by atoms with Crippen LogP contribution in [0.1, 0.15) is 25.5 Å². The molecular weight excluding hydrogens is 372 g/mol. The Morgan fingerprint density at radius 3 is 2.85 bits per heavy atom. The minimum Gasteiger partial charge on any atom is -0.493 e. The number of halogens is 1. The van der Waals surface area contributed by atoms with Gasteiger partial charge in [-0.05, 0) is 32.0 Å². The molecule has 7 nitrogen and oxygen atoms in total. The molecule has 0 radical (unpaired) electrons. The molecule has 0 aliphatic carbocycles. The van der Waals surface area contributed by atoms with E-state index in [1.54, 1.807) is 44.0 Å². The third-order valence-electron chi connectivity index (χ3n) is 5.90. The molecule has 4 atom stereocenters. The quantitative estimate of drug-likeness (QED) is 0.715. The summed E-state index contributed by atoms with van der Waals surface area (Å²) in [5.41, 5.74) is -0.596. The van der Waals surface area contributed by atoms with Crippen molar-refractivity contribution in [2.45, 2.75) is 25.4 Å². The van der Waals surface area contributed by atoms with Crippen LogP contribution in [0, 0.1) is 11.8 Å². The topological polar surface area (TPSA) is 76.2 Å². The second-order valence-electron chi connectivity index (χ2n) is 7.40. The highest BCUT2D eigenvalue weighted by atomic mass is 35.5. The number of hydrogen-bond acceptors (Lipinski definition) is 5. The predicted molar refractivity (Wildman–Crippen MR) is 96.2 cm³/mol. The molecule has 0 spiro atoms. The number of piperazine rings is 1. The van der Waals surface area contributed by atoms with E-state index in [4.69, 9.17) is 21.1 Å². The van der Waals surface area contributed by atoms with E-state index in [1.807, 2.05) is 0 Å². The molecule has 0 saturated carbocycles.